The summed E-state index contributed by atoms with van der Waals surface area (Å²) in [5.74, 6) is -11.2. The molecule has 14 atom stereocenters. The second-order valence-corrected chi connectivity index (χ2v) is 24.2. The molecule has 7 rings (SSSR count). The standard InChI is InChI=1S/C59H78N10O22S2/c1-29-27-69-47(48(29)76)55(83)61-26-35(71)23-38(62-51(79)31-10-12-32(13-11-31)56-66-67-57(92-56)33-14-17-37(18-15-33)88-21-9-7-5-4-6-8-20-87-3)52(80)63-44(30(2)70)58(84)68-28-36(72)24-39(68)53(81)65-46(54(82)64-45(59(69)85)41(74)25-43(60)75)50(78)49(77)34-16-19-40(73)42(22-34)89-93-91-90-86/h10-19,22,29-30,35-36,38-39,41,44-50,70-74,76-78,86H,4-9,20-21,23-28H2,1-3H3,(H2,60,75)(H,61,83)(H,62,79)(H,63,80)(H,64,82)(H,65,81). The largest absolute Gasteiger partial charge is 0.504 e. The van der Waals surface area contributed by atoms with Gasteiger partial charge in [-0.15, -0.1) is 10.2 Å². The number of ether oxygens (including phenoxy) is 2. The first-order valence-electron chi connectivity index (χ1n) is 29.9. The van der Waals surface area contributed by atoms with E-state index in [0.29, 0.717) is 27.9 Å². The van der Waals surface area contributed by atoms with Gasteiger partial charge >= 0.3 is 0 Å². The summed E-state index contributed by atoms with van der Waals surface area (Å²) in [5, 5.41) is 124. The lowest BCUT2D eigenvalue weighted by Crippen LogP contribution is -2.64. The van der Waals surface area contributed by atoms with Gasteiger partial charge in [0.2, 0.25) is 41.4 Å². The number of rotatable bonds is 25. The number of hydrogen-bond donors (Lipinski definition) is 15. The number of nitrogens with zero attached hydrogens (tertiary/aromatic N) is 4. The number of hydrogen-bond acceptors (Lipinski definition) is 26. The summed E-state index contributed by atoms with van der Waals surface area (Å²) in [6, 6.07) is 4.07. The minimum Gasteiger partial charge on any atom is -0.504 e. The summed E-state index contributed by atoms with van der Waals surface area (Å²) < 4.78 is 20.2. The maximum Gasteiger partial charge on any atom is 0.261 e. The van der Waals surface area contributed by atoms with Crippen LogP contribution in [0.2, 0.25) is 0 Å². The Morgan fingerprint density at radius 3 is 2.00 bits per heavy atom. The Balaban J connectivity index is 1.15. The van der Waals surface area contributed by atoms with Crippen molar-refractivity contribution in [3.63, 3.8) is 0 Å². The normalized spacial score (nSPS) is 24.8. The first kappa shape index (κ1) is 72.7. The number of unbranched alkanes of at least 4 members (excludes halogenated alkanes) is 5. The van der Waals surface area contributed by atoms with E-state index in [-0.39, 0.29) is 23.5 Å². The molecule has 0 aliphatic carbocycles. The first-order valence-corrected chi connectivity index (χ1v) is 31.3. The zero-order valence-corrected chi connectivity index (χ0v) is 52.5. The highest BCUT2D eigenvalue weighted by Gasteiger charge is 2.50. The first-order chi connectivity index (χ1) is 44.4. The van der Waals surface area contributed by atoms with Gasteiger partial charge in [0.05, 0.1) is 43.5 Å². The van der Waals surface area contributed by atoms with E-state index < -0.39 is 183 Å². The van der Waals surface area contributed by atoms with E-state index >= 15 is 0 Å². The van der Waals surface area contributed by atoms with Gasteiger partial charge in [0.15, 0.2) is 11.5 Å². The number of aromatic nitrogens is 2. The van der Waals surface area contributed by atoms with Gasteiger partial charge in [-0.25, -0.2) is 5.26 Å². The van der Waals surface area contributed by atoms with Crippen molar-refractivity contribution in [1.29, 1.82) is 0 Å². The van der Waals surface area contributed by atoms with E-state index in [4.69, 9.17) is 24.6 Å². The molecule has 3 aliphatic heterocycles. The molecule has 14 unspecified atom stereocenters. The Hall–Kier alpha value is -7.71. The van der Waals surface area contributed by atoms with Crippen molar-refractivity contribution in [3.05, 3.63) is 77.9 Å². The lowest BCUT2D eigenvalue weighted by atomic mass is 9.96. The fraction of sp³-hybridized carbons (Fsp3) is 0.525. The lowest BCUT2D eigenvalue weighted by Gasteiger charge is -2.34. The van der Waals surface area contributed by atoms with Crippen LogP contribution in [0.1, 0.15) is 93.7 Å². The SMILES string of the molecule is COCCCCCCCCOc1ccc(-c2nnc(-c3ccc(C(=O)NC4CC(O)CNC(=O)C5C(O)C(C)CN5C(=O)C(C(O)CC(N)=O)NC(=O)C(C(O)C(O)c5ccc(O)c(OSOOO)c5)NC(=O)C5CC(O)CN5C(=O)C(C(C)O)NC4=O)cc3)s2)cc1. The number of methoxy groups -OCH3 is 1. The van der Waals surface area contributed by atoms with E-state index in [1.165, 1.54) is 30.4 Å². The van der Waals surface area contributed by atoms with Crippen molar-refractivity contribution in [2.24, 2.45) is 11.7 Å². The summed E-state index contributed by atoms with van der Waals surface area (Å²) in [7, 11) is 1.70. The van der Waals surface area contributed by atoms with Crippen molar-refractivity contribution in [3.8, 4) is 38.4 Å². The Labute approximate surface area is 541 Å². The third-order valence-electron chi connectivity index (χ3n) is 15.9. The Morgan fingerprint density at radius 2 is 1.37 bits per heavy atom. The smallest absolute Gasteiger partial charge is 0.261 e. The van der Waals surface area contributed by atoms with Gasteiger partial charge in [-0.2, -0.15) is 0 Å². The zero-order valence-electron chi connectivity index (χ0n) is 50.8. The molecular weight excluding hydrogens is 1260 g/mol. The second kappa shape index (κ2) is 34.4. The number of primary amides is 1. The van der Waals surface area contributed by atoms with Gasteiger partial charge in [-0.05, 0) is 73.9 Å². The molecule has 4 heterocycles. The highest BCUT2D eigenvalue weighted by atomic mass is 32.2. The van der Waals surface area contributed by atoms with E-state index in [2.05, 4.69) is 46.2 Å². The molecule has 0 spiro atoms. The summed E-state index contributed by atoms with van der Waals surface area (Å²) >= 11 is 1.26. The molecule has 3 aliphatic rings. The molecule has 34 heteroatoms. The molecule has 4 aromatic rings. The highest BCUT2D eigenvalue weighted by molar-refractivity contribution is 7.90. The number of carbonyl (C=O) groups excluding carboxylic acids is 8. The van der Waals surface area contributed by atoms with Gasteiger partial charge < -0.3 is 96.6 Å². The van der Waals surface area contributed by atoms with Gasteiger partial charge in [-0.1, -0.05) is 71.5 Å². The molecule has 508 valence electrons. The molecule has 8 amide bonds. The maximum absolute atomic E-state index is 14.7. The third-order valence-corrected chi connectivity index (χ3v) is 17.3. The van der Waals surface area contributed by atoms with E-state index in [1.807, 2.05) is 24.3 Å². The fourth-order valence-corrected chi connectivity index (χ4v) is 12.0. The molecule has 3 saturated heterocycles. The van der Waals surface area contributed by atoms with E-state index in [9.17, 15) is 79.2 Å². The predicted octanol–water partition coefficient (Wildman–Crippen LogP) is -1.38. The number of aromatic hydroxyl groups is 1. The molecule has 3 fully saturated rings. The van der Waals surface area contributed by atoms with Crippen molar-refractivity contribution >= 4 is 70.9 Å². The molecule has 93 heavy (non-hydrogen) atoms. The van der Waals surface area contributed by atoms with Crippen LogP contribution in [0.4, 0.5) is 0 Å². The van der Waals surface area contributed by atoms with Gasteiger partial charge in [0.25, 0.3) is 18.2 Å². The molecule has 0 saturated carbocycles. The Morgan fingerprint density at radius 1 is 0.753 bits per heavy atom. The quantitative estimate of drug-likeness (QED) is 0.0157. The van der Waals surface area contributed by atoms with Crippen LogP contribution in [0.5, 0.6) is 17.2 Å². The van der Waals surface area contributed by atoms with Crippen molar-refractivity contribution in [1.82, 2.24) is 46.6 Å². The average Bonchev–Trinajstić information content (AvgIpc) is 1.74. The number of carbonyl (C=O) groups is 8. The summed E-state index contributed by atoms with van der Waals surface area (Å²) in [5.41, 5.74) is 6.38. The second-order valence-electron chi connectivity index (χ2n) is 22.8. The molecule has 32 nitrogen and oxygen atoms in total. The van der Waals surface area contributed by atoms with Gasteiger partial charge in [0.1, 0.15) is 64.2 Å². The number of benzene rings is 3. The molecule has 16 N–H and O–H groups in total. The van der Waals surface area contributed by atoms with E-state index in [1.54, 1.807) is 19.2 Å². The topological polar surface area (TPSA) is 483 Å². The number of phenolic OH excluding ortho intramolecular Hbond substituents is 1. The van der Waals surface area contributed by atoms with Gasteiger partial charge in [0, 0.05) is 68.8 Å². The van der Waals surface area contributed by atoms with Crippen LogP contribution in [0.15, 0.2) is 66.7 Å². The summed E-state index contributed by atoms with van der Waals surface area (Å²) in [4.78, 5) is 115. The monoisotopic (exact) mass is 1340 g/mol. The number of nitrogens with one attached hydrogen (secondary N) is 5. The van der Waals surface area contributed by atoms with Crippen LogP contribution in [0.25, 0.3) is 21.1 Å². The van der Waals surface area contributed by atoms with Gasteiger partial charge in [-0.3, -0.25) is 38.4 Å². The number of phenols is 1. The number of nitrogens with two attached hydrogens (primary N) is 1. The number of aliphatic hydroxyl groups excluding tert-OH is 7. The molecule has 0 bridgehead atoms. The predicted molar refractivity (Wildman–Crippen MR) is 327 cm³/mol. The van der Waals surface area contributed by atoms with Crippen LogP contribution in [-0.2, 0) is 47.7 Å². The third kappa shape index (κ3) is 19.5. The van der Waals surface area contributed by atoms with Crippen LogP contribution in [0.3, 0.4) is 0 Å². The maximum atomic E-state index is 14.7. The number of fused-ring (bicyclic) bond motifs is 2. The number of aliphatic hydroxyl groups is 7. The fourth-order valence-electron chi connectivity index (χ4n) is 10.8. The number of amides is 8. The Kier molecular flexibility index (Phi) is 26.9. The molecule has 3 aromatic carbocycles. The minimum absolute atomic E-state index is 0.0137. The minimum atomic E-state index is -2.53. The van der Waals surface area contributed by atoms with E-state index in [0.717, 1.165) is 85.6 Å². The zero-order chi connectivity index (χ0) is 67.6. The summed E-state index contributed by atoms with van der Waals surface area (Å²) in [6.07, 6.45) is -9.70. The average molecular weight is 1340 g/mol. The molecule has 0 radical (unpaired) electrons. The lowest BCUT2D eigenvalue weighted by molar-refractivity contribution is -0.433. The highest BCUT2D eigenvalue weighted by Crippen LogP contribution is 2.35. The van der Waals surface area contributed by atoms with Crippen LogP contribution in [0, 0.1) is 5.92 Å². The van der Waals surface area contributed by atoms with Crippen molar-refractivity contribution < 1.29 is 107 Å². The number of β-amino-alcohol motifs (C(OH)–C–C–N with tert-alkyl or cyclic N) is 1. The van der Waals surface area contributed by atoms with Crippen molar-refractivity contribution in [2.45, 2.75) is 151 Å². The summed E-state index contributed by atoms with van der Waals surface area (Å²) in [6.45, 7) is 2.04. The Bertz CT molecular complexity index is 3210. The van der Waals surface area contributed by atoms with Crippen LogP contribution >= 0.6 is 23.7 Å². The molecule has 1 aromatic heterocycles. The molecular formula is C59H78N10O22S2. The van der Waals surface area contributed by atoms with Crippen LogP contribution in [-0.4, -0.2) is 226 Å². The van der Waals surface area contributed by atoms with Crippen molar-refractivity contribution in [2.75, 3.05) is 40.0 Å². The van der Waals surface area contributed by atoms with Crippen LogP contribution < -0.4 is 41.2 Å².